The first-order valence-corrected chi connectivity index (χ1v) is 9.72. The summed E-state index contributed by atoms with van der Waals surface area (Å²) in [5, 5.41) is 10.4. The van der Waals surface area contributed by atoms with Crippen molar-refractivity contribution in [2.75, 3.05) is 19.9 Å². The van der Waals surface area contributed by atoms with Gasteiger partial charge in [-0.25, -0.2) is 0 Å². The van der Waals surface area contributed by atoms with E-state index in [9.17, 15) is 4.79 Å². The molecule has 0 bridgehead atoms. The van der Waals surface area contributed by atoms with Gasteiger partial charge >= 0.3 is 0 Å². The maximum atomic E-state index is 12.9. The van der Waals surface area contributed by atoms with E-state index < -0.39 is 0 Å². The highest BCUT2D eigenvalue weighted by Gasteiger charge is 2.30. The number of aromatic nitrogens is 2. The Hall–Kier alpha value is -2.87. The van der Waals surface area contributed by atoms with Crippen molar-refractivity contribution in [2.24, 2.45) is 0 Å². The van der Waals surface area contributed by atoms with Crippen molar-refractivity contribution in [2.45, 2.75) is 18.8 Å². The van der Waals surface area contributed by atoms with Gasteiger partial charge in [0.25, 0.3) is 11.8 Å². The fraction of sp³-hybridized carbons (Fsp3) is 0.316. The van der Waals surface area contributed by atoms with E-state index >= 15 is 0 Å². The summed E-state index contributed by atoms with van der Waals surface area (Å²) in [6.45, 7) is 1.48. The SMILES string of the molecule is O=C(c1ccc2c(c1)OCO2)N1CCC[C@@H](c2nnc(-c3cccs3)o2)C1. The van der Waals surface area contributed by atoms with Crippen LogP contribution in [0.2, 0.25) is 0 Å². The molecule has 7 nitrogen and oxygen atoms in total. The predicted molar refractivity (Wildman–Crippen MR) is 98.1 cm³/mol. The molecule has 1 fully saturated rings. The van der Waals surface area contributed by atoms with Gasteiger partial charge in [-0.15, -0.1) is 21.5 Å². The number of ether oxygens (including phenoxy) is 2. The van der Waals surface area contributed by atoms with Crippen molar-refractivity contribution in [1.29, 1.82) is 0 Å². The third-order valence-electron chi connectivity index (χ3n) is 4.85. The van der Waals surface area contributed by atoms with Gasteiger partial charge < -0.3 is 18.8 Å². The minimum atomic E-state index is -0.0176. The van der Waals surface area contributed by atoms with Crippen LogP contribution in [0, 0.1) is 0 Å². The number of hydrogen-bond donors (Lipinski definition) is 0. The van der Waals surface area contributed by atoms with Crippen molar-refractivity contribution < 1.29 is 18.7 Å². The number of nitrogens with zero attached hydrogens (tertiary/aromatic N) is 3. The minimum absolute atomic E-state index is 0.0176. The van der Waals surface area contributed by atoms with Gasteiger partial charge in [0.15, 0.2) is 11.5 Å². The molecule has 1 aromatic carbocycles. The molecule has 1 atom stereocenters. The van der Waals surface area contributed by atoms with Crippen LogP contribution in [0.4, 0.5) is 0 Å². The van der Waals surface area contributed by atoms with E-state index in [-0.39, 0.29) is 18.6 Å². The van der Waals surface area contributed by atoms with Crippen LogP contribution in [0.1, 0.15) is 35.0 Å². The maximum absolute atomic E-state index is 12.9. The molecule has 3 aromatic rings. The molecule has 138 valence electrons. The molecule has 0 radical (unpaired) electrons. The zero-order chi connectivity index (χ0) is 18.2. The van der Waals surface area contributed by atoms with Gasteiger partial charge in [0.2, 0.25) is 12.7 Å². The van der Waals surface area contributed by atoms with Gasteiger partial charge in [-0.2, -0.15) is 0 Å². The van der Waals surface area contributed by atoms with E-state index in [1.54, 1.807) is 29.5 Å². The average Bonchev–Trinajstić information content (AvgIpc) is 3.47. The van der Waals surface area contributed by atoms with Crippen LogP contribution in [0.15, 0.2) is 40.1 Å². The molecule has 8 heteroatoms. The second kappa shape index (κ2) is 6.70. The highest BCUT2D eigenvalue weighted by Crippen LogP contribution is 2.34. The first-order chi connectivity index (χ1) is 13.3. The summed E-state index contributed by atoms with van der Waals surface area (Å²) in [4.78, 5) is 15.7. The van der Waals surface area contributed by atoms with Crippen molar-refractivity contribution in [3.05, 3.63) is 47.2 Å². The van der Waals surface area contributed by atoms with E-state index in [2.05, 4.69) is 10.2 Å². The monoisotopic (exact) mass is 383 g/mol. The highest BCUT2D eigenvalue weighted by molar-refractivity contribution is 7.13. The lowest BCUT2D eigenvalue weighted by Gasteiger charge is -2.31. The summed E-state index contributed by atoms with van der Waals surface area (Å²) >= 11 is 1.57. The van der Waals surface area contributed by atoms with E-state index in [4.69, 9.17) is 13.9 Å². The normalized spacial score (nSPS) is 18.7. The Balaban J connectivity index is 1.33. The second-order valence-electron chi connectivity index (χ2n) is 6.58. The average molecular weight is 383 g/mol. The predicted octanol–water partition coefficient (Wildman–Crippen LogP) is 3.55. The summed E-state index contributed by atoms with van der Waals surface area (Å²) in [6, 6.07) is 9.22. The fourth-order valence-electron chi connectivity index (χ4n) is 3.47. The molecule has 5 rings (SSSR count). The van der Waals surface area contributed by atoms with Crippen LogP contribution in [0.3, 0.4) is 0 Å². The molecule has 4 heterocycles. The number of fused-ring (bicyclic) bond motifs is 1. The number of likely N-dealkylation sites (tertiary alicyclic amines) is 1. The van der Waals surface area contributed by atoms with E-state index in [1.807, 2.05) is 22.4 Å². The molecule has 2 aromatic heterocycles. The van der Waals surface area contributed by atoms with Gasteiger partial charge in [-0.05, 0) is 42.5 Å². The Morgan fingerprint density at radius 1 is 1.19 bits per heavy atom. The lowest BCUT2D eigenvalue weighted by molar-refractivity contribution is 0.0698. The van der Waals surface area contributed by atoms with Crippen molar-refractivity contribution in [3.63, 3.8) is 0 Å². The smallest absolute Gasteiger partial charge is 0.257 e. The second-order valence-corrected chi connectivity index (χ2v) is 7.53. The summed E-state index contributed by atoms with van der Waals surface area (Å²) < 4.78 is 16.6. The number of carbonyl (C=O) groups excluding carboxylic acids is 1. The molecule has 1 amide bonds. The van der Waals surface area contributed by atoms with E-state index in [0.29, 0.717) is 35.4 Å². The summed E-state index contributed by atoms with van der Waals surface area (Å²) in [7, 11) is 0. The van der Waals surface area contributed by atoms with Gasteiger partial charge in [-0.1, -0.05) is 6.07 Å². The van der Waals surface area contributed by atoms with Gasteiger partial charge in [-0.3, -0.25) is 4.79 Å². The van der Waals surface area contributed by atoms with Crippen molar-refractivity contribution in [3.8, 4) is 22.3 Å². The highest BCUT2D eigenvalue weighted by atomic mass is 32.1. The quantitative estimate of drug-likeness (QED) is 0.688. The third-order valence-corrected chi connectivity index (χ3v) is 5.71. The van der Waals surface area contributed by atoms with Crippen molar-refractivity contribution >= 4 is 17.2 Å². The molecular formula is C19H17N3O4S. The number of benzene rings is 1. The first-order valence-electron chi connectivity index (χ1n) is 8.84. The van der Waals surface area contributed by atoms with Crippen LogP contribution in [0.25, 0.3) is 10.8 Å². The first kappa shape index (κ1) is 16.3. The molecule has 0 saturated carbocycles. The van der Waals surface area contributed by atoms with Gasteiger partial charge in [0, 0.05) is 18.7 Å². The standard InChI is InChI=1S/C19H17N3O4S/c23-19(12-5-6-14-15(9-12)25-11-24-14)22-7-1-3-13(10-22)17-20-21-18(26-17)16-4-2-8-27-16/h2,4-6,8-9,13H,1,3,7,10-11H2/t13-/m1/s1. The van der Waals surface area contributed by atoms with Crippen LogP contribution in [0.5, 0.6) is 11.5 Å². The fourth-order valence-corrected chi connectivity index (χ4v) is 4.12. The zero-order valence-corrected chi connectivity index (χ0v) is 15.3. The number of amides is 1. The Labute approximate surface area is 159 Å². The summed E-state index contributed by atoms with van der Waals surface area (Å²) in [6.07, 6.45) is 1.83. The molecule has 0 spiro atoms. The largest absolute Gasteiger partial charge is 0.454 e. The molecular weight excluding hydrogens is 366 g/mol. The Morgan fingerprint density at radius 2 is 2.11 bits per heavy atom. The Morgan fingerprint density at radius 3 is 3.00 bits per heavy atom. The Bertz CT molecular complexity index is 969. The molecule has 0 N–H and O–H groups in total. The molecule has 2 aliphatic rings. The lowest BCUT2D eigenvalue weighted by atomic mass is 9.97. The van der Waals surface area contributed by atoms with Crippen LogP contribution in [-0.4, -0.2) is 40.9 Å². The number of hydrogen-bond acceptors (Lipinski definition) is 7. The van der Waals surface area contributed by atoms with Crippen LogP contribution in [-0.2, 0) is 0 Å². The summed E-state index contributed by atoms with van der Waals surface area (Å²) in [5.74, 6) is 2.47. The zero-order valence-electron chi connectivity index (χ0n) is 14.5. The van der Waals surface area contributed by atoms with Gasteiger partial charge in [0.1, 0.15) is 0 Å². The third kappa shape index (κ3) is 3.06. The molecule has 0 aliphatic carbocycles. The molecule has 27 heavy (non-hydrogen) atoms. The lowest BCUT2D eigenvalue weighted by Crippen LogP contribution is -2.39. The van der Waals surface area contributed by atoms with Crippen molar-refractivity contribution in [1.82, 2.24) is 15.1 Å². The van der Waals surface area contributed by atoms with Crippen LogP contribution < -0.4 is 9.47 Å². The topological polar surface area (TPSA) is 77.7 Å². The molecule has 0 unspecified atom stereocenters. The molecule has 2 aliphatic heterocycles. The minimum Gasteiger partial charge on any atom is -0.454 e. The van der Waals surface area contributed by atoms with E-state index in [0.717, 1.165) is 24.3 Å². The number of thiophene rings is 1. The maximum Gasteiger partial charge on any atom is 0.257 e. The van der Waals surface area contributed by atoms with Crippen LogP contribution >= 0.6 is 11.3 Å². The summed E-state index contributed by atoms with van der Waals surface area (Å²) in [5.41, 5.74) is 0.602. The number of rotatable bonds is 3. The Kier molecular flexibility index (Phi) is 4.05. The molecule has 1 saturated heterocycles. The van der Waals surface area contributed by atoms with E-state index in [1.165, 1.54) is 0 Å². The number of piperidine rings is 1. The number of carbonyl (C=O) groups is 1. The van der Waals surface area contributed by atoms with Gasteiger partial charge in [0.05, 0.1) is 10.8 Å².